The van der Waals surface area contributed by atoms with E-state index >= 15 is 0 Å². The topological polar surface area (TPSA) is 92.7 Å². The van der Waals surface area contributed by atoms with Gasteiger partial charge in [0.05, 0.1) is 6.42 Å². The van der Waals surface area contributed by atoms with E-state index in [2.05, 4.69) is 0 Å². The second-order valence-electron chi connectivity index (χ2n) is 4.85. The third kappa shape index (κ3) is 6.27. The highest BCUT2D eigenvalue weighted by atomic mass is 19.4. The van der Waals surface area contributed by atoms with Crippen LogP contribution in [0.25, 0.3) is 0 Å². The smallest absolute Gasteiger partial charge is 0.409 e. The van der Waals surface area contributed by atoms with Gasteiger partial charge in [-0.3, -0.25) is 14.4 Å². The minimum atomic E-state index is -4.88. The Labute approximate surface area is 135 Å². The molecule has 0 saturated heterocycles. The number of nitrogens with one attached hydrogen (secondary N) is 1. The number of hydrogen-bond donors (Lipinski definition) is 2. The molecule has 2 N–H and O–H groups in total. The lowest BCUT2D eigenvalue weighted by Crippen LogP contribution is -2.48. The van der Waals surface area contributed by atoms with Crippen molar-refractivity contribution in [2.45, 2.75) is 32.0 Å². The summed E-state index contributed by atoms with van der Waals surface area (Å²) in [7, 11) is 0. The van der Waals surface area contributed by atoms with Crippen LogP contribution in [-0.2, 0) is 9.59 Å². The fraction of sp³-hybridized carbons (Fsp3) is 0.400. The number of carboxylic acid groups (broad SMARTS) is 1. The number of carbonyl (C=O) groups excluding carboxylic acids is 2. The standard InChI is InChI=1S/C15H16F3NO5/c1-2-11(20)9-3-5-10(6-4-9)24-8-13(21)19-12(7-14(22)23)15(16,17)18/h3-6,12H,2,7-8H2,1H3,(H,19,21)(H,22,23)/t12-/m0/s1. The monoisotopic (exact) mass is 347 g/mol. The number of benzene rings is 1. The quantitative estimate of drug-likeness (QED) is 0.703. The molecule has 0 saturated carbocycles. The molecular weight excluding hydrogens is 331 g/mol. The third-order valence-corrected chi connectivity index (χ3v) is 2.98. The van der Waals surface area contributed by atoms with Gasteiger partial charge in [-0.05, 0) is 24.3 Å². The Hall–Kier alpha value is -2.58. The van der Waals surface area contributed by atoms with Crippen molar-refractivity contribution in [1.29, 1.82) is 0 Å². The van der Waals surface area contributed by atoms with Crippen LogP contribution < -0.4 is 10.1 Å². The molecule has 9 heteroatoms. The Kier molecular flexibility index (Phi) is 6.75. The summed E-state index contributed by atoms with van der Waals surface area (Å²) >= 11 is 0. The molecule has 1 amide bonds. The van der Waals surface area contributed by atoms with Gasteiger partial charge in [-0.2, -0.15) is 13.2 Å². The average molecular weight is 347 g/mol. The molecular formula is C15H16F3NO5. The summed E-state index contributed by atoms with van der Waals surface area (Å²) in [6, 6.07) is 3.28. The summed E-state index contributed by atoms with van der Waals surface area (Å²) in [5.41, 5.74) is 0.452. The van der Waals surface area contributed by atoms with E-state index in [1.54, 1.807) is 12.2 Å². The van der Waals surface area contributed by atoms with Gasteiger partial charge in [-0.1, -0.05) is 6.92 Å². The van der Waals surface area contributed by atoms with Crippen LogP contribution in [0.3, 0.4) is 0 Å². The molecule has 0 heterocycles. The fourth-order valence-electron chi connectivity index (χ4n) is 1.75. The largest absolute Gasteiger partial charge is 0.484 e. The van der Waals surface area contributed by atoms with E-state index in [0.717, 1.165) is 0 Å². The summed E-state index contributed by atoms with van der Waals surface area (Å²) in [4.78, 5) is 33.3. The Morgan fingerprint density at radius 3 is 2.25 bits per heavy atom. The van der Waals surface area contributed by atoms with E-state index in [1.165, 1.54) is 24.3 Å². The number of carbonyl (C=O) groups is 3. The first kappa shape index (κ1) is 19.5. The molecule has 1 aromatic carbocycles. The summed E-state index contributed by atoms with van der Waals surface area (Å²) in [6.45, 7) is 0.985. The van der Waals surface area contributed by atoms with Crippen LogP contribution >= 0.6 is 0 Å². The van der Waals surface area contributed by atoms with Crippen LogP contribution in [0.4, 0.5) is 13.2 Å². The molecule has 0 aliphatic carbocycles. The predicted octanol–water partition coefficient (Wildman–Crippen LogP) is 2.18. The van der Waals surface area contributed by atoms with E-state index in [9.17, 15) is 27.6 Å². The number of amides is 1. The van der Waals surface area contributed by atoms with Crippen molar-refractivity contribution in [3.63, 3.8) is 0 Å². The molecule has 0 spiro atoms. The Morgan fingerprint density at radius 2 is 1.79 bits per heavy atom. The molecule has 0 radical (unpaired) electrons. The summed E-state index contributed by atoms with van der Waals surface area (Å²) in [5.74, 6) is -2.68. The zero-order valence-electron chi connectivity index (χ0n) is 12.7. The van der Waals surface area contributed by atoms with Crippen molar-refractivity contribution < 1.29 is 37.4 Å². The van der Waals surface area contributed by atoms with Crippen molar-refractivity contribution >= 4 is 17.7 Å². The number of carboxylic acids is 1. The highest BCUT2D eigenvalue weighted by molar-refractivity contribution is 5.95. The lowest BCUT2D eigenvalue weighted by molar-refractivity contribution is -0.170. The van der Waals surface area contributed by atoms with Crippen molar-refractivity contribution in [3.05, 3.63) is 29.8 Å². The first-order chi connectivity index (χ1) is 11.1. The van der Waals surface area contributed by atoms with Crippen molar-refractivity contribution in [1.82, 2.24) is 5.32 Å². The molecule has 1 atom stereocenters. The number of alkyl halides is 3. The van der Waals surface area contributed by atoms with E-state index in [1.807, 2.05) is 0 Å². The van der Waals surface area contributed by atoms with Gasteiger partial charge in [-0.15, -0.1) is 0 Å². The first-order valence-corrected chi connectivity index (χ1v) is 6.97. The van der Waals surface area contributed by atoms with Gasteiger partial charge in [0.15, 0.2) is 12.4 Å². The molecule has 24 heavy (non-hydrogen) atoms. The zero-order chi connectivity index (χ0) is 18.3. The number of hydrogen-bond acceptors (Lipinski definition) is 4. The number of ketones is 1. The Balaban J connectivity index is 2.58. The number of ether oxygens (including phenoxy) is 1. The zero-order valence-corrected chi connectivity index (χ0v) is 12.7. The van der Waals surface area contributed by atoms with Crippen LogP contribution in [0.1, 0.15) is 30.1 Å². The lowest BCUT2D eigenvalue weighted by Gasteiger charge is -2.20. The number of Topliss-reactive ketones (excluding diaryl/α,β-unsaturated/α-hetero) is 1. The molecule has 0 aromatic heterocycles. The van der Waals surface area contributed by atoms with Crippen LogP contribution in [0.15, 0.2) is 24.3 Å². The molecule has 0 bridgehead atoms. The molecule has 0 aliphatic heterocycles. The minimum absolute atomic E-state index is 0.0824. The molecule has 0 fully saturated rings. The van der Waals surface area contributed by atoms with Crippen LogP contribution in [-0.4, -0.2) is 41.6 Å². The third-order valence-electron chi connectivity index (χ3n) is 2.98. The highest BCUT2D eigenvalue weighted by Gasteiger charge is 2.42. The second kappa shape index (κ2) is 8.32. The minimum Gasteiger partial charge on any atom is -0.484 e. The normalized spacial score (nSPS) is 12.3. The van der Waals surface area contributed by atoms with Gasteiger partial charge < -0.3 is 15.2 Å². The number of halogens is 3. The summed E-state index contributed by atoms with van der Waals surface area (Å²) < 4.78 is 42.8. The Bertz CT molecular complexity index is 598. The van der Waals surface area contributed by atoms with Gasteiger partial charge in [-0.25, -0.2) is 0 Å². The van der Waals surface area contributed by atoms with E-state index < -0.39 is 37.1 Å². The maximum atomic E-state index is 12.6. The van der Waals surface area contributed by atoms with Crippen molar-refractivity contribution in [2.75, 3.05) is 6.61 Å². The predicted molar refractivity (Wildman–Crippen MR) is 76.8 cm³/mol. The molecule has 1 aromatic rings. The average Bonchev–Trinajstić information content (AvgIpc) is 2.50. The SMILES string of the molecule is CCC(=O)c1ccc(OCC(=O)N[C@@H](CC(=O)O)C(F)(F)F)cc1. The van der Waals surface area contributed by atoms with E-state index in [4.69, 9.17) is 9.84 Å². The summed E-state index contributed by atoms with van der Waals surface area (Å²) in [5, 5.41) is 10.0. The summed E-state index contributed by atoms with van der Waals surface area (Å²) in [6.07, 6.45) is -5.83. The Morgan fingerprint density at radius 1 is 1.21 bits per heavy atom. The molecule has 1 rings (SSSR count). The second-order valence-corrected chi connectivity index (χ2v) is 4.85. The van der Waals surface area contributed by atoms with Crippen molar-refractivity contribution in [2.24, 2.45) is 0 Å². The number of rotatable bonds is 8. The van der Waals surface area contributed by atoms with Crippen LogP contribution in [0.5, 0.6) is 5.75 Å². The fourth-order valence-corrected chi connectivity index (χ4v) is 1.75. The maximum Gasteiger partial charge on any atom is 0.409 e. The molecule has 6 nitrogen and oxygen atoms in total. The van der Waals surface area contributed by atoms with Crippen LogP contribution in [0.2, 0.25) is 0 Å². The van der Waals surface area contributed by atoms with Crippen LogP contribution in [0, 0.1) is 0 Å². The maximum absolute atomic E-state index is 12.6. The highest BCUT2D eigenvalue weighted by Crippen LogP contribution is 2.22. The van der Waals surface area contributed by atoms with Gasteiger partial charge in [0.25, 0.3) is 5.91 Å². The molecule has 0 unspecified atom stereocenters. The van der Waals surface area contributed by atoms with Crippen molar-refractivity contribution in [3.8, 4) is 5.75 Å². The van der Waals surface area contributed by atoms with E-state index in [-0.39, 0.29) is 11.5 Å². The molecule has 0 aliphatic rings. The first-order valence-electron chi connectivity index (χ1n) is 6.97. The van der Waals surface area contributed by atoms with Gasteiger partial charge in [0, 0.05) is 12.0 Å². The van der Waals surface area contributed by atoms with Gasteiger partial charge in [0.1, 0.15) is 11.8 Å². The lowest BCUT2D eigenvalue weighted by atomic mass is 10.1. The number of aliphatic carboxylic acids is 1. The van der Waals surface area contributed by atoms with Gasteiger partial charge in [0.2, 0.25) is 0 Å². The molecule has 132 valence electrons. The van der Waals surface area contributed by atoms with Gasteiger partial charge >= 0.3 is 12.1 Å². The van der Waals surface area contributed by atoms with E-state index in [0.29, 0.717) is 12.0 Å².